The Hall–Kier alpha value is -4.10. The van der Waals surface area contributed by atoms with Gasteiger partial charge in [0, 0.05) is 7.05 Å². The molecule has 0 fully saturated rings. The number of sulfonamides is 1. The number of anilines is 1. The predicted octanol–water partition coefficient (Wildman–Crippen LogP) is 0.00370. The van der Waals surface area contributed by atoms with Gasteiger partial charge in [0.15, 0.2) is 6.61 Å². The fourth-order valence-electron chi connectivity index (χ4n) is 3.08. The van der Waals surface area contributed by atoms with Crippen LogP contribution in [0.25, 0.3) is 0 Å². The number of nitrogens with zero attached hydrogens (tertiary/aromatic N) is 2. The average molecular weight is 490 g/mol. The van der Waals surface area contributed by atoms with Crippen LogP contribution < -0.4 is 22.1 Å². The van der Waals surface area contributed by atoms with Crippen LogP contribution in [0.4, 0.5) is 10.2 Å². The fraction of sp³-hybridized carbons (Fsp3) is 0.143. The first-order valence-electron chi connectivity index (χ1n) is 9.57. The second kappa shape index (κ2) is 9.41. The third-order valence-electron chi connectivity index (χ3n) is 4.87. The number of primary sulfonamides is 1. The third-order valence-corrected chi connectivity index (χ3v) is 5.78. The van der Waals surface area contributed by atoms with Crippen molar-refractivity contribution in [2.75, 3.05) is 12.3 Å². The van der Waals surface area contributed by atoms with Crippen molar-refractivity contribution in [3.05, 3.63) is 91.9 Å². The third kappa shape index (κ3) is 4.94. The van der Waals surface area contributed by atoms with Crippen LogP contribution in [-0.4, -0.2) is 35.9 Å². The number of nitrogen functional groups attached to an aromatic ring is 1. The molecule has 1 aromatic heterocycles. The van der Waals surface area contributed by atoms with E-state index >= 15 is 0 Å². The number of carbonyl (C=O) groups excluding carboxylic acids is 2. The second-order valence-corrected chi connectivity index (χ2v) is 8.73. The summed E-state index contributed by atoms with van der Waals surface area (Å²) in [6.45, 7) is -1.06. The summed E-state index contributed by atoms with van der Waals surface area (Å²) in [5.74, 6) is -3.96. The van der Waals surface area contributed by atoms with Crippen molar-refractivity contribution < 1.29 is 27.1 Å². The van der Waals surface area contributed by atoms with Gasteiger partial charge in [0.2, 0.25) is 15.8 Å². The highest BCUT2D eigenvalue weighted by molar-refractivity contribution is 7.89. The van der Waals surface area contributed by atoms with E-state index in [1.165, 1.54) is 0 Å². The lowest BCUT2D eigenvalue weighted by molar-refractivity contribution is 0.0469. The first kappa shape index (κ1) is 24.5. The normalized spacial score (nSPS) is 11.3. The molecule has 0 saturated heterocycles. The molecule has 0 atom stereocenters. The Morgan fingerprint density at radius 1 is 1.09 bits per heavy atom. The van der Waals surface area contributed by atoms with E-state index in [1.807, 2.05) is 0 Å². The van der Waals surface area contributed by atoms with Gasteiger partial charge in [-0.25, -0.2) is 27.5 Å². The van der Waals surface area contributed by atoms with E-state index in [0.29, 0.717) is 22.3 Å². The Balaban J connectivity index is 1.90. The maximum atomic E-state index is 14.0. The van der Waals surface area contributed by atoms with Crippen LogP contribution in [0.2, 0.25) is 0 Å². The minimum atomic E-state index is -4.23. The van der Waals surface area contributed by atoms with Gasteiger partial charge < -0.3 is 10.5 Å². The van der Waals surface area contributed by atoms with E-state index in [4.69, 9.17) is 15.6 Å². The number of hydrogen-bond acceptors (Lipinski definition) is 8. The zero-order valence-electron chi connectivity index (χ0n) is 17.7. The van der Waals surface area contributed by atoms with Crippen molar-refractivity contribution in [3.63, 3.8) is 0 Å². The Bertz CT molecular complexity index is 1510. The monoisotopic (exact) mass is 490 g/mol. The summed E-state index contributed by atoms with van der Waals surface area (Å²) in [5.41, 5.74) is 3.49. The van der Waals surface area contributed by atoms with Gasteiger partial charge in [-0.05, 0) is 23.8 Å². The minimum absolute atomic E-state index is 0.0364. The van der Waals surface area contributed by atoms with Crippen LogP contribution in [0, 0.1) is 5.82 Å². The minimum Gasteiger partial charge on any atom is -0.454 e. The van der Waals surface area contributed by atoms with E-state index in [0.717, 1.165) is 17.7 Å². The van der Waals surface area contributed by atoms with Crippen LogP contribution >= 0.6 is 0 Å². The van der Waals surface area contributed by atoms with Crippen molar-refractivity contribution in [2.24, 2.45) is 12.2 Å². The molecule has 4 N–H and O–H groups in total. The number of esters is 1. The Labute approximate surface area is 192 Å². The van der Waals surface area contributed by atoms with Crippen molar-refractivity contribution in [1.29, 1.82) is 0 Å². The van der Waals surface area contributed by atoms with Crippen LogP contribution in [-0.2, 0) is 28.4 Å². The highest BCUT2D eigenvalue weighted by atomic mass is 32.2. The summed E-state index contributed by atoms with van der Waals surface area (Å²) in [5, 5.41) is 4.97. The number of ether oxygens (including phenoxy) is 1. The van der Waals surface area contributed by atoms with Gasteiger partial charge >= 0.3 is 11.7 Å². The maximum absolute atomic E-state index is 14.0. The van der Waals surface area contributed by atoms with E-state index < -0.39 is 67.3 Å². The number of halogens is 1. The molecule has 3 aromatic rings. The lowest BCUT2D eigenvalue weighted by atomic mass is 10.1. The van der Waals surface area contributed by atoms with Crippen molar-refractivity contribution in [1.82, 2.24) is 9.13 Å². The van der Waals surface area contributed by atoms with Crippen LogP contribution in [0.3, 0.4) is 0 Å². The Morgan fingerprint density at radius 2 is 1.74 bits per heavy atom. The van der Waals surface area contributed by atoms with Crippen LogP contribution in [0.1, 0.15) is 26.3 Å². The van der Waals surface area contributed by atoms with Crippen molar-refractivity contribution in [2.45, 2.75) is 11.4 Å². The molecule has 0 bridgehead atoms. The standard InChI is InChI=1S/C21H19FN4O7S/c1-25-19(28)17(18(23)26(21(25)30)10-12-5-3-2-4-6-12)16(27)11-33-20(29)14-9-13(34(24,31)32)7-8-15(14)22/h2-9H,10-11,23H2,1H3,(H2,24,31,32). The summed E-state index contributed by atoms with van der Waals surface area (Å²) in [6.07, 6.45) is 0. The molecular formula is C21H19FN4O7S. The summed E-state index contributed by atoms with van der Waals surface area (Å²) in [4.78, 5) is 49.5. The average Bonchev–Trinajstić information content (AvgIpc) is 2.79. The number of ketones is 1. The molecule has 2 aromatic carbocycles. The number of hydrogen-bond donors (Lipinski definition) is 2. The van der Waals surface area contributed by atoms with Crippen molar-refractivity contribution >= 4 is 27.6 Å². The number of benzene rings is 2. The molecule has 0 saturated carbocycles. The molecule has 13 heteroatoms. The van der Waals surface area contributed by atoms with E-state index in [-0.39, 0.29) is 6.54 Å². The van der Waals surface area contributed by atoms with Gasteiger partial charge in [-0.3, -0.25) is 18.7 Å². The number of aromatic nitrogens is 2. The lowest BCUT2D eigenvalue weighted by Crippen LogP contribution is -2.43. The summed E-state index contributed by atoms with van der Waals surface area (Å²) < 4.78 is 43.4. The van der Waals surface area contributed by atoms with E-state index in [2.05, 4.69) is 0 Å². The second-order valence-electron chi connectivity index (χ2n) is 7.16. The molecule has 3 rings (SSSR count). The summed E-state index contributed by atoms with van der Waals surface area (Å²) >= 11 is 0. The number of nitrogens with two attached hydrogens (primary N) is 2. The highest BCUT2D eigenvalue weighted by Gasteiger charge is 2.24. The SMILES string of the molecule is Cn1c(=O)c(C(=O)COC(=O)c2cc(S(N)(=O)=O)ccc2F)c(N)n(Cc2ccccc2)c1=O. The van der Waals surface area contributed by atoms with E-state index in [1.54, 1.807) is 30.3 Å². The highest BCUT2D eigenvalue weighted by Crippen LogP contribution is 2.16. The molecule has 1 heterocycles. The molecule has 0 aliphatic carbocycles. The Kier molecular flexibility index (Phi) is 6.79. The van der Waals surface area contributed by atoms with Gasteiger partial charge in [-0.15, -0.1) is 0 Å². The number of rotatable bonds is 7. The van der Waals surface area contributed by atoms with Gasteiger partial charge in [0.05, 0.1) is 17.0 Å². The molecule has 0 unspecified atom stereocenters. The largest absolute Gasteiger partial charge is 0.454 e. The molecule has 0 aliphatic heterocycles. The van der Waals surface area contributed by atoms with E-state index in [9.17, 15) is 32.0 Å². The lowest BCUT2D eigenvalue weighted by Gasteiger charge is -2.15. The molecule has 11 nitrogen and oxygen atoms in total. The van der Waals surface area contributed by atoms with Gasteiger partial charge in [-0.2, -0.15) is 0 Å². The maximum Gasteiger partial charge on any atom is 0.341 e. The zero-order chi connectivity index (χ0) is 25.2. The quantitative estimate of drug-likeness (QED) is 0.344. The van der Waals surface area contributed by atoms with Crippen LogP contribution in [0.15, 0.2) is 63.0 Å². The zero-order valence-corrected chi connectivity index (χ0v) is 18.5. The van der Waals surface area contributed by atoms with Crippen molar-refractivity contribution in [3.8, 4) is 0 Å². The first-order valence-corrected chi connectivity index (χ1v) is 11.1. The van der Waals surface area contributed by atoms with Gasteiger partial charge in [-0.1, -0.05) is 30.3 Å². The first-order chi connectivity index (χ1) is 15.9. The molecule has 0 amide bonds. The molecular weight excluding hydrogens is 471 g/mol. The van der Waals surface area contributed by atoms with Gasteiger partial charge in [0.1, 0.15) is 17.2 Å². The fourth-order valence-corrected chi connectivity index (χ4v) is 3.62. The van der Waals surface area contributed by atoms with Gasteiger partial charge in [0.25, 0.3) is 5.56 Å². The predicted molar refractivity (Wildman–Crippen MR) is 118 cm³/mol. The Morgan fingerprint density at radius 3 is 2.35 bits per heavy atom. The molecule has 34 heavy (non-hydrogen) atoms. The summed E-state index contributed by atoms with van der Waals surface area (Å²) in [6, 6.07) is 10.9. The smallest absolute Gasteiger partial charge is 0.341 e. The number of carbonyl (C=O) groups is 2. The molecule has 0 radical (unpaired) electrons. The van der Waals surface area contributed by atoms with Crippen LogP contribution in [0.5, 0.6) is 0 Å². The molecule has 178 valence electrons. The number of Topliss-reactive ketones (excluding diaryl/α,β-unsaturated/α-hetero) is 1. The molecule has 0 aliphatic rings. The summed E-state index contributed by atoms with van der Waals surface area (Å²) in [7, 11) is -3.08. The molecule has 0 spiro atoms. The topological polar surface area (TPSA) is 174 Å².